The number of carbonyl (C=O) groups excluding carboxylic acids is 1. The number of rotatable bonds is 6. The van der Waals surface area contributed by atoms with Crippen molar-refractivity contribution < 1.29 is 22.7 Å². The van der Waals surface area contributed by atoms with E-state index in [0.29, 0.717) is 24.7 Å². The normalized spacial score (nSPS) is 18.0. The average molecular weight is 489 g/mol. The van der Waals surface area contributed by atoms with E-state index < -0.39 is 15.9 Å². The van der Waals surface area contributed by atoms with Gasteiger partial charge in [-0.2, -0.15) is 4.31 Å². The van der Waals surface area contributed by atoms with Crippen LogP contribution < -0.4 is 15.0 Å². The third kappa shape index (κ3) is 5.20. The van der Waals surface area contributed by atoms with E-state index in [1.807, 2.05) is 19.1 Å². The standard InChI is InChI=1S/C24H32N4O5S/c1-18-16-19(27-10-8-26(2)9-11-27)4-6-22(18)25-24(29)21-17-20(5-7-23(21)32-3)34(30,31)28-12-14-33-15-13-28/h4-7,16-17H,8-15H2,1-3H3,(H,25,29). The van der Waals surface area contributed by atoms with Crippen molar-refractivity contribution in [3.63, 3.8) is 0 Å². The van der Waals surface area contributed by atoms with Gasteiger partial charge >= 0.3 is 0 Å². The Morgan fingerprint density at radius 2 is 1.71 bits per heavy atom. The number of sulfonamides is 1. The van der Waals surface area contributed by atoms with Crippen LogP contribution in [0.5, 0.6) is 5.75 Å². The Balaban J connectivity index is 1.55. The summed E-state index contributed by atoms with van der Waals surface area (Å²) in [5.74, 6) is -0.114. The summed E-state index contributed by atoms with van der Waals surface area (Å²) in [6.45, 7) is 7.18. The minimum Gasteiger partial charge on any atom is -0.496 e. The molecule has 2 heterocycles. The zero-order chi connectivity index (χ0) is 24.3. The fourth-order valence-electron chi connectivity index (χ4n) is 4.20. The summed E-state index contributed by atoms with van der Waals surface area (Å²) in [4.78, 5) is 17.9. The zero-order valence-corrected chi connectivity index (χ0v) is 20.7. The van der Waals surface area contributed by atoms with E-state index in [4.69, 9.17) is 9.47 Å². The van der Waals surface area contributed by atoms with E-state index in [9.17, 15) is 13.2 Å². The summed E-state index contributed by atoms with van der Waals surface area (Å²) < 4.78 is 38.1. The lowest BCUT2D eigenvalue weighted by Gasteiger charge is -2.34. The molecule has 2 aromatic carbocycles. The number of piperazine rings is 1. The van der Waals surface area contributed by atoms with Crippen LogP contribution in [0.1, 0.15) is 15.9 Å². The summed E-state index contributed by atoms with van der Waals surface area (Å²) in [5.41, 5.74) is 2.89. The lowest BCUT2D eigenvalue weighted by molar-refractivity contribution is 0.0730. The van der Waals surface area contributed by atoms with Gasteiger partial charge in [-0.05, 0) is 55.9 Å². The van der Waals surface area contributed by atoms with Crippen LogP contribution >= 0.6 is 0 Å². The number of nitrogens with one attached hydrogen (secondary N) is 1. The molecule has 9 nitrogen and oxygen atoms in total. The first-order valence-electron chi connectivity index (χ1n) is 11.4. The van der Waals surface area contributed by atoms with Crippen molar-refractivity contribution in [1.29, 1.82) is 0 Å². The number of methoxy groups -OCH3 is 1. The second-order valence-corrected chi connectivity index (χ2v) is 10.6. The molecule has 0 unspecified atom stereocenters. The number of hydrogen-bond acceptors (Lipinski definition) is 7. The topological polar surface area (TPSA) is 91.4 Å². The van der Waals surface area contributed by atoms with Crippen molar-refractivity contribution in [3.05, 3.63) is 47.5 Å². The van der Waals surface area contributed by atoms with Crippen LogP contribution in [0.15, 0.2) is 41.3 Å². The number of amides is 1. The van der Waals surface area contributed by atoms with Gasteiger partial charge in [0.25, 0.3) is 5.91 Å². The Hall–Kier alpha value is -2.66. The van der Waals surface area contributed by atoms with Gasteiger partial charge in [-0.3, -0.25) is 4.79 Å². The Morgan fingerprint density at radius 1 is 1.00 bits per heavy atom. The highest BCUT2D eigenvalue weighted by Crippen LogP contribution is 2.28. The van der Waals surface area contributed by atoms with Crippen molar-refractivity contribution in [2.45, 2.75) is 11.8 Å². The highest BCUT2D eigenvalue weighted by atomic mass is 32.2. The lowest BCUT2D eigenvalue weighted by Crippen LogP contribution is -2.44. The van der Waals surface area contributed by atoms with E-state index in [-0.39, 0.29) is 23.5 Å². The van der Waals surface area contributed by atoms with Crippen LogP contribution in [0, 0.1) is 6.92 Å². The molecule has 0 atom stereocenters. The van der Waals surface area contributed by atoms with E-state index in [2.05, 4.69) is 28.2 Å². The summed E-state index contributed by atoms with van der Waals surface area (Å²) in [5, 5.41) is 2.92. The van der Waals surface area contributed by atoms with Crippen LogP contribution in [0.25, 0.3) is 0 Å². The minimum absolute atomic E-state index is 0.0579. The number of nitrogens with zero attached hydrogens (tertiary/aromatic N) is 3. The number of carbonyl (C=O) groups is 1. The number of hydrogen-bond donors (Lipinski definition) is 1. The highest BCUT2D eigenvalue weighted by molar-refractivity contribution is 7.89. The maximum Gasteiger partial charge on any atom is 0.259 e. The molecule has 0 aliphatic carbocycles. The molecule has 0 radical (unpaired) electrons. The first-order chi connectivity index (χ1) is 16.3. The van der Waals surface area contributed by atoms with Crippen LogP contribution in [-0.4, -0.2) is 90.2 Å². The molecule has 1 amide bonds. The first-order valence-corrected chi connectivity index (χ1v) is 12.8. The van der Waals surface area contributed by atoms with Crippen LogP contribution in [0.2, 0.25) is 0 Å². The van der Waals surface area contributed by atoms with Crippen LogP contribution in [0.4, 0.5) is 11.4 Å². The second kappa shape index (κ2) is 10.3. The molecule has 184 valence electrons. The van der Waals surface area contributed by atoms with E-state index in [0.717, 1.165) is 37.4 Å². The van der Waals surface area contributed by atoms with Gasteiger partial charge < -0.3 is 24.6 Å². The Morgan fingerprint density at radius 3 is 2.35 bits per heavy atom. The van der Waals surface area contributed by atoms with Gasteiger partial charge in [0, 0.05) is 50.6 Å². The number of likely N-dealkylation sites (N-methyl/N-ethyl adjacent to an activating group) is 1. The number of morpholine rings is 1. The smallest absolute Gasteiger partial charge is 0.259 e. The van der Waals surface area contributed by atoms with Gasteiger partial charge in [0.1, 0.15) is 5.75 Å². The van der Waals surface area contributed by atoms with Gasteiger partial charge in [-0.15, -0.1) is 0 Å². The molecule has 2 aromatic rings. The van der Waals surface area contributed by atoms with Crippen molar-refractivity contribution in [2.24, 2.45) is 0 Å². The molecule has 1 N–H and O–H groups in total. The van der Waals surface area contributed by atoms with Crippen molar-refractivity contribution in [2.75, 3.05) is 76.9 Å². The molecular weight excluding hydrogens is 456 g/mol. The van der Waals surface area contributed by atoms with Gasteiger partial charge in [0.05, 0.1) is 30.8 Å². The summed E-state index contributed by atoms with van der Waals surface area (Å²) >= 11 is 0. The SMILES string of the molecule is COc1ccc(S(=O)(=O)N2CCOCC2)cc1C(=O)Nc1ccc(N2CCN(C)CC2)cc1C. The second-order valence-electron chi connectivity index (χ2n) is 8.62. The monoisotopic (exact) mass is 488 g/mol. The number of aryl methyl sites for hydroxylation is 1. The van der Waals surface area contributed by atoms with E-state index in [1.165, 1.54) is 29.6 Å². The van der Waals surface area contributed by atoms with Gasteiger partial charge in [0.15, 0.2) is 0 Å². The average Bonchev–Trinajstić information content (AvgIpc) is 2.85. The van der Waals surface area contributed by atoms with E-state index >= 15 is 0 Å². The number of anilines is 2. The predicted octanol–water partition coefficient (Wildman–Crippen LogP) is 2.03. The Bertz CT molecular complexity index is 1140. The number of ether oxygens (including phenoxy) is 2. The molecular formula is C24H32N4O5S. The summed E-state index contributed by atoms with van der Waals surface area (Å²) in [6.07, 6.45) is 0. The minimum atomic E-state index is -3.74. The molecule has 10 heteroatoms. The maximum absolute atomic E-state index is 13.2. The molecule has 2 aliphatic rings. The van der Waals surface area contributed by atoms with Crippen molar-refractivity contribution >= 4 is 27.3 Å². The number of benzene rings is 2. The van der Waals surface area contributed by atoms with Crippen LogP contribution in [-0.2, 0) is 14.8 Å². The largest absolute Gasteiger partial charge is 0.496 e. The van der Waals surface area contributed by atoms with Crippen molar-refractivity contribution in [1.82, 2.24) is 9.21 Å². The third-order valence-electron chi connectivity index (χ3n) is 6.35. The summed E-state index contributed by atoms with van der Waals surface area (Å²) in [7, 11) is -0.159. The highest BCUT2D eigenvalue weighted by Gasteiger charge is 2.28. The fourth-order valence-corrected chi connectivity index (χ4v) is 5.63. The van der Waals surface area contributed by atoms with E-state index in [1.54, 1.807) is 0 Å². The van der Waals surface area contributed by atoms with Gasteiger partial charge in [-0.1, -0.05) is 0 Å². The fraction of sp³-hybridized carbons (Fsp3) is 0.458. The quantitative estimate of drug-likeness (QED) is 0.665. The maximum atomic E-state index is 13.2. The Kier molecular flexibility index (Phi) is 7.42. The summed E-state index contributed by atoms with van der Waals surface area (Å²) in [6, 6.07) is 10.3. The molecule has 4 rings (SSSR count). The third-order valence-corrected chi connectivity index (χ3v) is 8.24. The molecule has 0 spiro atoms. The molecule has 34 heavy (non-hydrogen) atoms. The van der Waals surface area contributed by atoms with Gasteiger partial charge in [-0.25, -0.2) is 8.42 Å². The lowest BCUT2D eigenvalue weighted by atomic mass is 10.1. The van der Waals surface area contributed by atoms with Crippen molar-refractivity contribution in [3.8, 4) is 5.75 Å². The molecule has 0 saturated carbocycles. The predicted molar refractivity (Wildman–Crippen MR) is 131 cm³/mol. The zero-order valence-electron chi connectivity index (χ0n) is 19.9. The van der Waals surface area contributed by atoms with Gasteiger partial charge in [0.2, 0.25) is 10.0 Å². The molecule has 2 saturated heterocycles. The first kappa shape index (κ1) is 24.5. The Labute approximate surface area is 201 Å². The molecule has 2 fully saturated rings. The van der Waals surface area contributed by atoms with Crippen LogP contribution in [0.3, 0.4) is 0 Å². The molecule has 0 bridgehead atoms. The molecule has 2 aliphatic heterocycles. The molecule has 0 aromatic heterocycles.